The molecule has 0 bridgehead atoms. The highest BCUT2D eigenvalue weighted by molar-refractivity contribution is 5.32. The minimum atomic E-state index is -0.759. The Hall–Kier alpha value is -0.860. The van der Waals surface area contributed by atoms with Crippen LogP contribution in [0.15, 0.2) is 18.2 Å². The van der Waals surface area contributed by atoms with Gasteiger partial charge in [0.25, 0.3) is 0 Å². The molecule has 2 atom stereocenters. The minimum Gasteiger partial charge on any atom is -0.390 e. The van der Waals surface area contributed by atoms with Crippen molar-refractivity contribution in [3.05, 3.63) is 34.9 Å². The van der Waals surface area contributed by atoms with Crippen LogP contribution in [0.25, 0.3) is 0 Å². The van der Waals surface area contributed by atoms with Crippen LogP contribution in [-0.4, -0.2) is 16.3 Å². The monoisotopic (exact) mass is 208 g/mol. The van der Waals surface area contributed by atoms with Crippen molar-refractivity contribution in [3.8, 4) is 0 Å². The molecule has 1 aromatic rings. The molecule has 0 saturated carbocycles. The Morgan fingerprint density at radius 1 is 1.20 bits per heavy atom. The molecular formula is C13H20O2. The van der Waals surface area contributed by atoms with Gasteiger partial charge in [0.15, 0.2) is 0 Å². The van der Waals surface area contributed by atoms with Crippen molar-refractivity contribution in [1.82, 2.24) is 0 Å². The zero-order valence-corrected chi connectivity index (χ0v) is 9.70. The molecule has 0 fully saturated rings. The summed E-state index contributed by atoms with van der Waals surface area (Å²) in [4.78, 5) is 0. The SMILES string of the molecule is CCCC(O)C(O)c1ccc(C)cc1C. The molecule has 0 aromatic heterocycles. The van der Waals surface area contributed by atoms with Crippen LogP contribution in [0.3, 0.4) is 0 Å². The summed E-state index contributed by atoms with van der Waals surface area (Å²) >= 11 is 0. The molecule has 0 amide bonds. The van der Waals surface area contributed by atoms with Crippen LogP contribution in [0.4, 0.5) is 0 Å². The van der Waals surface area contributed by atoms with E-state index in [4.69, 9.17) is 0 Å². The third kappa shape index (κ3) is 3.05. The minimum absolute atomic E-state index is 0.633. The summed E-state index contributed by atoms with van der Waals surface area (Å²) in [5, 5.41) is 19.7. The summed E-state index contributed by atoms with van der Waals surface area (Å²) in [7, 11) is 0. The van der Waals surface area contributed by atoms with Gasteiger partial charge in [-0.3, -0.25) is 0 Å². The molecule has 0 heterocycles. The highest BCUT2D eigenvalue weighted by Crippen LogP contribution is 2.23. The molecule has 0 radical (unpaired) electrons. The van der Waals surface area contributed by atoms with Crippen LogP contribution < -0.4 is 0 Å². The molecule has 84 valence electrons. The number of aryl methyl sites for hydroxylation is 2. The second kappa shape index (κ2) is 5.29. The van der Waals surface area contributed by atoms with Crippen molar-refractivity contribution in [2.45, 2.75) is 45.8 Å². The van der Waals surface area contributed by atoms with Gasteiger partial charge < -0.3 is 10.2 Å². The van der Waals surface area contributed by atoms with Gasteiger partial charge in [0.2, 0.25) is 0 Å². The van der Waals surface area contributed by atoms with E-state index in [0.717, 1.165) is 17.5 Å². The Labute approximate surface area is 91.6 Å². The maximum Gasteiger partial charge on any atom is 0.105 e. The molecule has 0 aliphatic carbocycles. The fourth-order valence-corrected chi connectivity index (χ4v) is 1.82. The van der Waals surface area contributed by atoms with Gasteiger partial charge in [-0.1, -0.05) is 37.1 Å². The molecule has 2 unspecified atom stereocenters. The van der Waals surface area contributed by atoms with Crippen molar-refractivity contribution in [2.75, 3.05) is 0 Å². The van der Waals surface area contributed by atoms with Gasteiger partial charge >= 0.3 is 0 Å². The Morgan fingerprint density at radius 2 is 1.87 bits per heavy atom. The fraction of sp³-hybridized carbons (Fsp3) is 0.538. The van der Waals surface area contributed by atoms with Crippen molar-refractivity contribution >= 4 is 0 Å². The Kier molecular flexibility index (Phi) is 4.30. The van der Waals surface area contributed by atoms with E-state index in [1.54, 1.807) is 0 Å². The maximum absolute atomic E-state index is 9.94. The lowest BCUT2D eigenvalue weighted by molar-refractivity contribution is 0.0127. The summed E-state index contributed by atoms with van der Waals surface area (Å²) in [5.74, 6) is 0. The zero-order chi connectivity index (χ0) is 11.4. The number of rotatable bonds is 4. The molecule has 0 aliphatic rings. The molecule has 1 rings (SSSR count). The van der Waals surface area contributed by atoms with Crippen molar-refractivity contribution in [1.29, 1.82) is 0 Å². The first-order chi connectivity index (χ1) is 7.06. The molecule has 1 aromatic carbocycles. The summed E-state index contributed by atoms with van der Waals surface area (Å²) in [6, 6.07) is 5.88. The Morgan fingerprint density at radius 3 is 2.40 bits per heavy atom. The van der Waals surface area contributed by atoms with Crippen LogP contribution in [0.1, 0.15) is 42.6 Å². The standard InChI is InChI=1S/C13H20O2/c1-4-5-12(14)13(15)11-7-6-9(2)8-10(11)3/h6-8,12-15H,4-5H2,1-3H3. The van der Waals surface area contributed by atoms with Crippen LogP contribution in [0.5, 0.6) is 0 Å². The lowest BCUT2D eigenvalue weighted by atomic mass is 9.96. The Bertz CT molecular complexity index is 320. The predicted molar refractivity (Wildman–Crippen MR) is 61.8 cm³/mol. The lowest BCUT2D eigenvalue weighted by Gasteiger charge is -2.19. The van der Waals surface area contributed by atoms with Crippen LogP contribution in [0, 0.1) is 13.8 Å². The van der Waals surface area contributed by atoms with Gasteiger partial charge in [-0.15, -0.1) is 0 Å². The van der Waals surface area contributed by atoms with Gasteiger partial charge in [-0.05, 0) is 31.4 Å². The zero-order valence-electron chi connectivity index (χ0n) is 9.70. The van der Waals surface area contributed by atoms with Crippen LogP contribution >= 0.6 is 0 Å². The Balaban J connectivity index is 2.86. The second-order valence-electron chi connectivity index (χ2n) is 4.16. The fourth-order valence-electron chi connectivity index (χ4n) is 1.82. The van der Waals surface area contributed by atoms with Gasteiger partial charge in [0.1, 0.15) is 6.10 Å². The van der Waals surface area contributed by atoms with E-state index in [2.05, 4.69) is 0 Å². The lowest BCUT2D eigenvalue weighted by Crippen LogP contribution is -2.18. The molecular weight excluding hydrogens is 188 g/mol. The van der Waals surface area contributed by atoms with E-state index in [1.165, 1.54) is 5.56 Å². The second-order valence-corrected chi connectivity index (χ2v) is 4.16. The summed E-state index contributed by atoms with van der Waals surface area (Å²) in [6.07, 6.45) is 0.0967. The van der Waals surface area contributed by atoms with Crippen molar-refractivity contribution < 1.29 is 10.2 Å². The summed E-state index contributed by atoms with van der Waals surface area (Å²) in [5.41, 5.74) is 3.05. The first-order valence-electron chi connectivity index (χ1n) is 5.49. The van der Waals surface area contributed by atoms with Crippen molar-refractivity contribution in [3.63, 3.8) is 0 Å². The highest BCUT2D eigenvalue weighted by atomic mass is 16.3. The molecule has 2 nitrogen and oxygen atoms in total. The first kappa shape index (κ1) is 12.2. The van der Waals surface area contributed by atoms with Gasteiger partial charge in [-0.25, -0.2) is 0 Å². The predicted octanol–water partition coefficient (Wildman–Crippen LogP) is 2.50. The summed E-state index contributed by atoms with van der Waals surface area (Å²) in [6.45, 7) is 5.98. The van der Waals surface area contributed by atoms with Crippen LogP contribution in [-0.2, 0) is 0 Å². The number of hydrogen-bond acceptors (Lipinski definition) is 2. The van der Waals surface area contributed by atoms with E-state index in [1.807, 2.05) is 39.0 Å². The molecule has 2 heteroatoms. The largest absolute Gasteiger partial charge is 0.390 e. The number of hydrogen-bond donors (Lipinski definition) is 2. The van der Waals surface area contributed by atoms with E-state index in [-0.39, 0.29) is 0 Å². The van der Waals surface area contributed by atoms with E-state index >= 15 is 0 Å². The average Bonchev–Trinajstić information content (AvgIpc) is 2.17. The van der Waals surface area contributed by atoms with Crippen LogP contribution in [0.2, 0.25) is 0 Å². The van der Waals surface area contributed by atoms with E-state index in [9.17, 15) is 10.2 Å². The molecule has 0 aliphatic heterocycles. The normalized spacial score (nSPS) is 15.0. The van der Waals surface area contributed by atoms with Gasteiger partial charge in [0.05, 0.1) is 6.10 Å². The van der Waals surface area contributed by atoms with Gasteiger partial charge in [-0.2, -0.15) is 0 Å². The topological polar surface area (TPSA) is 40.5 Å². The number of aliphatic hydroxyl groups excluding tert-OH is 2. The number of benzene rings is 1. The number of aliphatic hydroxyl groups is 2. The first-order valence-corrected chi connectivity index (χ1v) is 5.49. The molecule has 2 N–H and O–H groups in total. The van der Waals surface area contributed by atoms with E-state index < -0.39 is 12.2 Å². The summed E-state index contributed by atoms with van der Waals surface area (Å²) < 4.78 is 0. The maximum atomic E-state index is 9.94. The smallest absolute Gasteiger partial charge is 0.105 e. The average molecular weight is 208 g/mol. The third-order valence-electron chi connectivity index (χ3n) is 2.69. The van der Waals surface area contributed by atoms with Crippen molar-refractivity contribution in [2.24, 2.45) is 0 Å². The quantitative estimate of drug-likeness (QED) is 0.798. The molecule has 0 saturated heterocycles. The third-order valence-corrected chi connectivity index (χ3v) is 2.69. The highest BCUT2D eigenvalue weighted by Gasteiger charge is 2.18. The molecule has 0 spiro atoms. The van der Waals surface area contributed by atoms with E-state index in [0.29, 0.717) is 6.42 Å². The van der Waals surface area contributed by atoms with Gasteiger partial charge in [0, 0.05) is 0 Å². The molecule has 15 heavy (non-hydrogen) atoms.